The van der Waals surface area contributed by atoms with Crippen LogP contribution < -0.4 is 0 Å². The molecule has 2 aromatic heterocycles. The molecule has 0 radical (unpaired) electrons. The van der Waals surface area contributed by atoms with Crippen LogP contribution in [0, 0.1) is 13.8 Å². The van der Waals surface area contributed by atoms with Crippen LogP contribution in [0.4, 0.5) is 0 Å². The third-order valence-electron chi connectivity index (χ3n) is 2.59. The van der Waals surface area contributed by atoms with Gasteiger partial charge < -0.3 is 0 Å². The monoisotopic (exact) mass is 266 g/mol. The first kappa shape index (κ1) is 12.5. The highest BCUT2D eigenvalue weighted by Gasteiger charge is 2.14. The fraction of sp³-hybridized carbons (Fsp3) is 0.385. The van der Waals surface area contributed by atoms with Crippen LogP contribution in [0.3, 0.4) is 0 Å². The lowest BCUT2D eigenvalue weighted by Gasteiger charge is -2.09. The Morgan fingerprint density at radius 2 is 1.88 bits per heavy atom. The topological polar surface area (TPSA) is 25.8 Å². The van der Waals surface area contributed by atoms with E-state index in [0.29, 0.717) is 5.15 Å². The average molecular weight is 267 g/mol. The highest BCUT2D eigenvalue weighted by Crippen LogP contribution is 2.32. The quantitative estimate of drug-likeness (QED) is 0.743. The summed E-state index contributed by atoms with van der Waals surface area (Å²) in [7, 11) is 0. The fourth-order valence-corrected chi connectivity index (χ4v) is 2.66. The molecule has 2 nitrogen and oxygen atoms in total. The fourth-order valence-electron chi connectivity index (χ4n) is 1.57. The molecule has 0 aromatic carbocycles. The SMILES string of the molecule is Cc1ccc(-c2nc(C(C)C)nc(Cl)c2C)s1. The van der Waals surface area contributed by atoms with E-state index in [1.807, 2.05) is 6.92 Å². The summed E-state index contributed by atoms with van der Waals surface area (Å²) in [5.74, 6) is 1.09. The van der Waals surface area contributed by atoms with E-state index in [2.05, 4.69) is 42.9 Å². The van der Waals surface area contributed by atoms with Crippen LogP contribution in [-0.4, -0.2) is 9.97 Å². The van der Waals surface area contributed by atoms with Gasteiger partial charge in [0.1, 0.15) is 11.0 Å². The Balaban J connectivity index is 2.60. The second-order valence-electron chi connectivity index (χ2n) is 4.41. The van der Waals surface area contributed by atoms with E-state index >= 15 is 0 Å². The number of aromatic nitrogens is 2. The number of nitrogens with zero attached hydrogens (tertiary/aromatic N) is 2. The largest absolute Gasteiger partial charge is 0.231 e. The summed E-state index contributed by atoms with van der Waals surface area (Å²) in [6.45, 7) is 8.21. The number of halogens is 1. The van der Waals surface area contributed by atoms with Gasteiger partial charge in [0.25, 0.3) is 0 Å². The molecule has 0 amide bonds. The summed E-state index contributed by atoms with van der Waals surface area (Å²) >= 11 is 7.91. The first-order valence-electron chi connectivity index (χ1n) is 5.60. The highest BCUT2D eigenvalue weighted by molar-refractivity contribution is 7.15. The van der Waals surface area contributed by atoms with Crippen LogP contribution in [-0.2, 0) is 0 Å². The summed E-state index contributed by atoms with van der Waals surface area (Å²) < 4.78 is 0. The van der Waals surface area contributed by atoms with Gasteiger partial charge in [0.2, 0.25) is 0 Å². The Hall–Kier alpha value is -0.930. The summed E-state index contributed by atoms with van der Waals surface area (Å²) in [6.07, 6.45) is 0. The minimum atomic E-state index is 0.285. The number of thiophene rings is 1. The Kier molecular flexibility index (Phi) is 3.50. The van der Waals surface area contributed by atoms with Crippen LogP contribution >= 0.6 is 22.9 Å². The lowest BCUT2D eigenvalue weighted by Crippen LogP contribution is -2.01. The molecular formula is C13H15ClN2S. The average Bonchev–Trinajstić information content (AvgIpc) is 2.68. The Labute approximate surface area is 111 Å². The lowest BCUT2D eigenvalue weighted by molar-refractivity contribution is 0.774. The summed E-state index contributed by atoms with van der Waals surface area (Å²) in [5, 5.41) is 0.560. The van der Waals surface area contributed by atoms with E-state index < -0.39 is 0 Å². The zero-order valence-corrected chi connectivity index (χ0v) is 12.0. The molecule has 0 fully saturated rings. The van der Waals surface area contributed by atoms with Crippen molar-refractivity contribution in [2.75, 3.05) is 0 Å². The third-order valence-corrected chi connectivity index (χ3v) is 3.97. The second-order valence-corrected chi connectivity index (χ2v) is 6.06. The Morgan fingerprint density at radius 1 is 1.18 bits per heavy atom. The minimum Gasteiger partial charge on any atom is -0.231 e. The van der Waals surface area contributed by atoms with Crippen LogP contribution in [0.15, 0.2) is 12.1 Å². The van der Waals surface area contributed by atoms with Gasteiger partial charge in [0.05, 0.1) is 10.6 Å². The van der Waals surface area contributed by atoms with Crippen LogP contribution in [0.25, 0.3) is 10.6 Å². The predicted molar refractivity (Wildman–Crippen MR) is 73.9 cm³/mol. The molecule has 90 valence electrons. The number of hydrogen-bond acceptors (Lipinski definition) is 3. The maximum Gasteiger partial charge on any atom is 0.136 e. The van der Waals surface area contributed by atoms with Gasteiger partial charge in [0.15, 0.2) is 0 Å². The molecule has 2 aromatic rings. The zero-order valence-electron chi connectivity index (χ0n) is 10.4. The van der Waals surface area contributed by atoms with Crippen molar-refractivity contribution < 1.29 is 0 Å². The van der Waals surface area contributed by atoms with Gasteiger partial charge in [-0.3, -0.25) is 0 Å². The molecule has 0 spiro atoms. The van der Waals surface area contributed by atoms with Gasteiger partial charge in [-0.05, 0) is 26.0 Å². The van der Waals surface area contributed by atoms with Gasteiger partial charge in [-0.1, -0.05) is 25.4 Å². The summed E-state index contributed by atoms with van der Waals surface area (Å²) in [5.41, 5.74) is 1.92. The molecule has 4 heteroatoms. The van der Waals surface area contributed by atoms with E-state index in [1.54, 1.807) is 11.3 Å². The van der Waals surface area contributed by atoms with E-state index in [4.69, 9.17) is 11.6 Å². The van der Waals surface area contributed by atoms with Crippen LogP contribution in [0.1, 0.15) is 36.0 Å². The molecule has 0 unspecified atom stereocenters. The Morgan fingerprint density at radius 3 is 2.41 bits per heavy atom. The first-order valence-corrected chi connectivity index (χ1v) is 6.79. The number of rotatable bonds is 2. The minimum absolute atomic E-state index is 0.285. The second kappa shape index (κ2) is 4.75. The van der Waals surface area contributed by atoms with Gasteiger partial charge in [0, 0.05) is 16.4 Å². The van der Waals surface area contributed by atoms with Crippen LogP contribution in [0.2, 0.25) is 5.15 Å². The maximum absolute atomic E-state index is 6.17. The first-order chi connectivity index (χ1) is 7.99. The number of aryl methyl sites for hydroxylation is 1. The molecule has 17 heavy (non-hydrogen) atoms. The highest BCUT2D eigenvalue weighted by atomic mass is 35.5. The van der Waals surface area contributed by atoms with Gasteiger partial charge in [-0.15, -0.1) is 11.3 Å². The standard InChI is InChI=1S/C13H15ClN2S/c1-7(2)13-15-11(9(4)12(14)16-13)10-6-5-8(3)17-10/h5-7H,1-4H3. The molecular weight excluding hydrogens is 252 g/mol. The lowest BCUT2D eigenvalue weighted by atomic mass is 10.1. The van der Waals surface area contributed by atoms with Gasteiger partial charge in [-0.25, -0.2) is 9.97 Å². The molecule has 0 saturated carbocycles. The van der Waals surface area contributed by atoms with Gasteiger partial charge >= 0.3 is 0 Å². The summed E-state index contributed by atoms with van der Waals surface area (Å²) in [4.78, 5) is 11.4. The molecule has 0 bridgehead atoms. The molecule has 2 heterocycles. The molecule has 2 rings (SSSR count). The Bertz CT molecular complexity index is 546. The summed E-state index contributed by atoms with van der Waals surface area (Å²) in [6, 6.07) is 4.19. The van der Waals surface area contributed by atoms with E-state index in [9.17, 15) is 0 Å². The van der Waals surface area contributed by atoms with Crippen molar-refractivity contribution in [1.82, 2.24) is 9.97 Å². The van der Waals surface area contributed by atoms with Crippen molar-refractivity contribution in [3.05, 3.63) is 33.6 Å². The molecule has 0 aliphatic rings. The smallest absolute Gasteiger partial charge is 0.136 e. The van der Waals surface area contributed by atoms with Crippen molar-refractivity contribution >= 4 is 22.9 Å². The molecule has 0 aliphatic carbocycles. The third kappa shape index (κ3) is 2.50. The maximum atomic E-state index is 6.17. The zero-order chi connectivity index (χ0) is 12.6. The van der Waals surface area contributed by atoms with Crippen molar-refractivity contribution in [3.63, 3.8) is 0 Å². The van der Waals surface area contributed by atoms with Gasteiger partial charge in [-0.2, -0.15) is 0 Å². The van der Waals surface area contributed by atoms with E-state index in [-0.39, 0.29) is 5.92 Å². The van der Waals surface area contributed by atoms with Crippen molar-refractivity contribution in [2.45, 2.75) is 33.6 Å². The van der Waals surface area contributed by atoms with Crippen LogP contribution in [0.5, 0.6) is 0 Å². The molecule has 0 atom stereocenters. The molecule has 0 saturated heterocycles. The van der Waals surface area contributed by atoms with Crippen molar-refractivity contribution in [1.29, 1.82) is 0 Å². The molecule has 0 N–H and O–H groups in total. The van der Waals surface area contributed by atoms with E-state index in [1.165, 1.54) is 4.88 Å². The van der Waals surface area contributed by atoms with Crippen molar-refractivity contribution in [3.8, 4) is 10.6 Å². The molecule has 0 aliphatic heterocycles. The van der Waals surface area contributed by atoms with Crippen molar-refractivity contribution in [2.24, 2.45) is 0 Å². The van der Waals surface area contributed by atoms with E-state index in [0.717, 1.165) is 22.0 Å². The number of hydrogen-bond donors (Lipinski definition) is 0. The normalized spacial score (nSPS) is 11.2. The predicted octanol–water partition coefficient (Wildman–Crippen LogP) is 4.60.